The van der Waals surface area contributed by atoms with Gasteiger partial charge in [-0.3, -0.25) is 25.0 Å². The molecule has 0 unspecified atom stereocenters. The number of thiazole rings is 1. The number of fused-ring (bicyclic) bond motifs is 1. The highest BCUT2D eigenvalue weighted by Crippen LogP contribution is 2.33. The van der Waals surface area contributed by atoms with Crippen LogP contribution in [0.1, 0.15) is 16.1 Å². The summed E-state index contributed by atoms with van der Waals surface area (Å²) in [5, 5.41) is 27.7. The molecule has 0 aliphatic carbocycles. The van der Waals surface area contributed by atoms with E-state index in [1.165, 1.54) is 12.5 Å². The van der Waals surface area contributed by atoms with E-state index >= 15 is 0 Å². The van der Waals surface area contributed by atoms with E-state index in [1.54, 1.807) is 24.3 Å². The fourth-order valence-corrected chi connectivity index (χ4v) is 4.17. The first-order valence-corrected chi connectivity index (χ1v) is 10.3. The predicted octanol–water partition coefficient (Wildman–Crippen LogP) is 5.15. The van der Waals surface area contributed by atoms with E-state index in [9.17, 15) is 25.0 Å². The minimum absolute atomic E-state index is 0.167. The van der Waals surface area contributed by atoms with Crippen molar-refractivity contribution in [2.75, 3.05) is 5.01 Å². The number of nitro groups is 2. The molecule has 0 atom stereocenters. The smallest absolute Gasteiger partial charge is 0.281 e. The molecule has 11 nitrogen and oxygen atoms in total. The van der Waals surface area contributed by atoms with Crippen molar-refractivity contribution in [3.8, 4) is 0 Å². The van der Waals surface area contributed by atoms with Gasteiger partial charge in [0.1, 0.15) is 5.76 Å². The molecule has 0 fully saturated rings. The number of carbonyl (C=O) groups excluding carboxylic acids is 1. The van der Waals surface area contributed by atoms with Gasteiger partial charge in [0.15, 0.2) is 0 Å². The Hall–Kier alpha value is -3.97. The van der Waals surface area contributed by atoms with Crippen LogP contribution in [0.4, 0.5) is 16.5 Å². The molecule has 4 rings (SSSR count). The van der Waals surface area contributed by atoms with Gasteiger partial charge in [0.25, 0.3) is 17.3 Å². The summed E-state index contributed by atoms with van der Waals surface area (Å²) >= 11 is 4.53. The Labute approximate surface area is 191 Å². The molecule has 0 bridgehead atoms. The molecular weight excluding hydrogens is 506 g/mol. The van der Waals surface area contributed by atoms with Gasteiger partial charge < -0.3 is 4.42 Å². The number of amides is 1. The van der Waals surface area contributed by atoms with Crippen LogP contribution in [0.5, 0.6) is 0 Å². The van der Waals surface area contributed by atoms with E-state index in [2.05, 4.69) is 26.0 Å². The summed E-state index contributed by atoms with van der Waals surface area (Å²) in [5.41, 5.74) is -0.872. The van der Waals surface area contributed by atoms with Crippen LogP contribution in [0.3, 0.4) is 0 Å². The first-order chi connectivity index (χ1) is 15.3. The van der Waals surface area contributed by atoms with Crippen LogP contribution in [-0.2, 0) is 0 Å². The average Bonchev–Trinajstić information content (AvgIpc) is 3.42. The first-order valence-electron chi connectivity index (χ1n) is 8.74. The number of non-ortho nitro benzene ring substituents is 2. The maximum atomic E-state index is 13.3. The maximum absolute atomic E-state index is 13.3. The van der Waals surface area contributed by atoms with Crippen LogP contribution >= 0.6 is 27.3 Å². The number of hydrogen-bond acceptors (Lipinski definition) is 9. The summed E-state index contributed by atoms with van der Waals surface area (Å²) in [4.78, 5) is 38.5. The molecule has 160 valence electrons. The molecule has 2 heterocycles. The van der Waals surface area contributed by atoms with E-state index in [1.807, 2.05) is 6.07 Å². The molecular formula is C19H10BrN5O6S. The Morgan fingerprint density at radius 2 is 1.84 bits per heavy atom. The van der Waals surface area contributed by atoms with E-state index < -0.39 is 27.1 Å². The quantitative estimate of drug-likeness (QED) is 0.196. The number of hydrazone groups is 1. The molecule has 2 aromatic carbocycles. The highest BCUT2D eigenvalue weighted by atomic mass is 79.9. The topological polar surface area (TPSA) is 145 Å². The third kappa shape index (κ3) is 4.38. The molecule has 2 aromatic heterocycles. The van der Waals surface area contributed by atoms with Gasteiger partial charge in [0, 0.05) is 16.6 Å². The summed E-state index contributed by atoms with van der Waals surface area (Å²) in [7, 11) is 0. The average molecular weight is 516 g/mol. The fourth-order valence-electron chi connectivity index (χ4n) is 2.70. The van der Waals surface area contributed by atoms with Crippen molar-refractivity contribution in [1.82, 2.24) is 4.98 Å². The van der Waals surface area contributed by atoms with Crippen LogP contribution in [0.15, 0.2) is 68.8 Å². The van der Waals surface area contributed by atoms with Gasteiger partial charge in [0.2, 0.25) is 5.13 Å². The van der Waals surface area contributed by atoms with Crippen LogP contribution in [-0.4, -0.2) is 27.0 Å². The number of carbonyl (C=O) groups is 1. The summed E-state index contributed by atoms with van der Waals surface area (Å²) in [5.74, 6) is -0.491. The van der Waals surface area contributed by atoms with E-state index in [0.717, 1.165) is 43.7 Å². The van der Waals surface area contributed by atoms with Gasteiger partial charge in [-0.25, -0.2) is 4.98 Å². The normalized spacial score (nSPS) is 11.2. The summed E-state index contributed by atoms with van der Waals surface area (Å²) in [6, 6.07) is 11.3. The Bertz CT molecular complexity index is 1350. The van der Waals surface area contributed by atoms with Crippen LogP contribution in [0.25, 0.3) is 10.2 Å². The lowest BCUT2D eigenvalue weighted by Crippen LogP contribution is -2.25. The van der Waals surface area contributed by atoms with E-state index in [-0.39, 0.29) is 10.7 Å². The van der Waals surface area contributed by atoms with Gasteiger partial charge in [-0.05, 0) is 30.3 Å². The highest BCUT2D eigenvalue weighted by Gasteiger charge is 2.26. The molecule has 4 aromatic rings. The standard InChI is InChI=1S/C19H10BrN5O6S/c20-12-3-4-16-17(8-12)32-19(22-16)23(21-10-15-2-1-5-31-15)18(26)11-6-13(24(27)28)9-14(7-11)25(29)30/h1-10H/b21-10+. The lowest BCUT2D eigenvalue weighted by molar-refractivity contribution is -0.394. The second-order valence-electron chi connectivity index (χ2n) is 6.24. The molecule has 0 aliphatic rings. The van der Waals surface area contributed by atoms with Gasteiger partial charge >= 0.3 is 0 Å². The Kier molecular flexibility index (Phi) is 5.75. The van der Waals surface area contributed by atoms with Gasteiger partial charge in [0.05, 0.1) is 44.2 Å². The maximum Gasteiger partial charge on any atom is 0.281 e. The van der Waals surface area contributed by atoms with Crippen LogP contribution < -0.4 is 5.01 Å². The predicted molar refractivity (Wildman–Crippen MR) is 120 cm³/mol. The molecule has 0 spiro atoms. The number of furan rings is 1. The van der Waals surface area contributed by atoms with Crippen molar-refractivity contribution in [2.45, 2.75) is 0 Å². The largest absolute Gasteiger partial charge is 0.463 e. The lowest BCUT2D eigenvalue weighted by atomic mass is 10.1. The molecule has 32 heavy (non-hydrogen) atoms. The minimum atomic E-state index is -0.835. The molecule has 0 N–H and O–H groups in total. The fraction of sp³-hybridized carbons (Fsp3) is 0. The molecule has 1 amide bonds. The second kappa shape index (κ2) is 8.64. The Morgan fingerprint density at radius 1 is 1.12 bits per heavy atom. The van der Waals surface area contributed by atoms with Crippen molar-refractivity contribution in [2.24, 2.45) is 5.10 Å². The number of aromatic nitrogens is 1. The van der Waals surface area contributed by atoms with Crippen LogP contribution in [0.2, 0.25) is 0 Å². The highest BCUT2D eigenvalue weighted by molar-refractivity contribution is 9.10. The van der Waals surface area contributed by atoms with E-state index in [0.29, 0.717) is 11.3 Å². The Morgan fingerprint density at radius 3 is 2.47 bits per heavy atom. The molecule has 13 heteroatoms. The zero-order valence-corrected chi connectivity index (χ0v) is 18.1. The number of anilines is 1. The van der Waals surface area contributed by atoms with Gasteiger partial charge in [-0.15, -0.1) is 0 Å². The Balaban J connectivity index is 1.83. The lowest BCUT2D eigenvalue weighted by Gasteiger charge is -2.13. The minimum Gasteiger partial charge on any atom is -0.463 e. The number of benzene rings is 2. The SMILES string of the molecule is O=C(c1cc([N+](=O)[O-])cc([N+](=O)[O-])c1)N(/N=C/c1ccco1)c1nc2ccc(Br)cc2s1. The molecule has 0 radical (unpaired) electrons. The third-order valence-corrected chi connectivity index (χ3v) is 5.61. The van der Waals surface area contributed by atoms with E-state index in [4.69, 9.17) is 4.42 Å². The van der Waals surface area contributed by atoms with Crippen molar-refractivity contribution in [1.29, 1.82) is 0 Å². The second-order valence-corrected chi connectivity index (χ2v) is 8.16. The zero-order valence-electron chi connectivity index (χ0n) is 15.7. The summed E-state index contributed by atoms with van der Waals surface area (Å²) in [6.07, 6.45) is 2.69. The number of nitro benzene ring substituents is 2. The number of hydrogen-bond donors (Lipinski definition) is 0. The number of nitrogens with zero attached hydrogens (tertiary/aromatic N) is 5. The van der Waals surface area contributed by atoms with Crippen molar-refractivity contribution >= 4 is 66.1 Å². The summed E-state index contributed by atoms with van der Waals surface area (Å²) < 4.78 is 6.76. The monoisotopic (exact) mass is 515 g/mol. The summed E-state index contributed by atoms with van der Waals surface area (Å²) in [6.45, 7) is 0. The van der Waals surface area contributed by atoms with Crippen molar-refractivity contribution in [3.05, 3.63) is 90.8 Å². The zero-order chi connectivity index (χ0) is 22.8. The first kappa shape index (κ1) is 21.3. The molecule has 0 saturated heterocycles. The van der Waals surface area contributed by atoms with Crippen molar-refractivity contribution in [3.63, 3.8) is 0 Å². The number of rotatable bonds is 6. The molecule has 0 aliphatic heterocycles. The number of halogens is 1. The molecule has 0 saturated carbocycles. The van der Waals surface area contributed by atoms with Crippen LogP contribution in [0, 0.1) is 20.2 Å². The van der Waals surface area contributed by atoms with Gasteiger partial charge in [-0.2, -0.15) is 10.1 Å². The third-order valence-electron chi connectivity index (χ3n) is 4.13. The van der Waals surface area contributed by atoms with Crippen molar-refractivity contribution < 1.29 is 19.1 Å². The van der Waals surface area contributed by atoms with Gasteiger partial charge in [-0.1, -0.05) is 27.3 Å².